The Bertz CT molecular complexity index is 293. The summed E-state index contributed by atoms with van der Waals surface area (Å²) in [4.78, 5) is 0. The summed E-state index contributed by atoms with van der Waals surface area (Å²) < 4.78 is 74.3. The molecule has 0 unspecified atom stereocenters. The highest BCUT2D eigenvalue weighted by Gasteiger charge is 2.70. The topological polar surface area (TPSA) is 20.2 Å². The van der Waals surface area contributed by atoms with Gasteiger partial charge in [0.15, 0.2) is 0 Å². The zero-order valence-electron chi connectivity index (χ0n) is 10.3. The van der Waals surface area contributed by atoms with Crippen molar-refractivity contribution in [2.75, 3.05) is 0 Å². The molecule has 0 aromatic heterocycles. The molecule has 108 valence electrons. The third-order valence-corrected chi connectivity index (χ3v) is 2.22. The molecule has 7 heteroatoms. The molecule has 0 fully saturated rings. The SMILES string of the molecule is C=C(CC(C)(C)C)CC(O)(C(F)(F)F)C(F)(F)F. The van der Waals surface area contributed by atoms with E-state index in [1.165, 1.54) is 0 Å². The molecule has 1 nitrogen and oxygen atoms in total. The van der Waals surface area contributed by atoms with Crippen LogP contribution in [0.3, 0.4) is 0 Å². The summed E-state index contributed by atoms with van der Waals surface area (Å²) in [5, 5.41) is 8.94. The fourth-order valence-corrected chi connectivity index (χ4v) is 1.54. The summed E-state index contributed by atoms with van der Waals surface area (Å²) in [6, 6.07) is 0. The van der Waals surface area contributed by atoms with Crippen molar-refractivity contribution >= 4 is 0 Å². The predicted octanol–water partition coefficient (Wildman–Crippen LogP) is 4.22. The van der Waals surface area contributed by atoms with Crippen LogP contribution in [0.5, 0.6) is 0 Å². The van der Waals surface area contributed by atoms with Gasteiger partial charge in [0.05, 0.1) is 0 Å². The van der Waals surface area contributed by atoms with E-state index in [1.807, 2.05) is 0 Å². The predicted molar refractivity (Wildman–Crippen MR) is 54.9 cm³/mol. The summed E-state index contributed by atoms with van der Waals surface area (Å²) in [6.07, 6.45) is -13.2. The first kappa shape index (κ1) is 17.3. The molecule has 0 rings (SSSR count). The summed E-state index contributed by atoms with van der Waals surface area (Å²) in [5.41, 5.74) is -5.53. The van der Waals surface area contributed by atoms with Crippen LogP contribution in [0, 0.1) is 5.41 Å². The van der Waals surface area contributed by atoms with Gasteiger partial charge in [-0.3, -0.25) is 0 Å². The fraction of sp³-hybridized carbons (Fsp3) is 0.818. The normalized spacial score (nSPS) is 14.8. The summed E-state index contributed by atoms with van der Waals surface area (Å²) in [5.74, 6) is 0. The summed E-state index contributed by atoms with van der Waals surface area (Å²) in [6.45, 7) is 8.15. The van der Waals surface area contributed by atoms with E-state index in [4.69, 9.17) is 5.11 Å². The van der Waals surface area contributed by atoms with Gasteiger partial charge in [-0.25, -0.2) is 0 Å². The lowest BCUT2D eigenvalue weighted by Gasteiger charge is -2.34. The number of rotatable bonds is 3. The van der Waals surface area contributed by atoms with Crippen molar-refractivity contribution < 1.29 is 31.4 Å². The first-order chi connectivity index (χ1) is 7.60. The molecule has 0 saturated heterocycles. The first-order valence-electron chi connectivity index (χ1n) is 5.13. The molecule has 18 heavy (non-hydrogen) atoms. The molecule has 0 aromatic carbocycles. The number of hydrogen-bond acceptors (Lipinski definition) is 1. The van der Waals surface area contributed by atoms with Crippen molar-refractivity contribution in [1.82, 2.24) is 0 Å². The minimum absolute atomic E-state index is 0.0402. The van der Waals surface area contributed by atoms with Gasteiger partial charge >= 0.3 is 12.4 Å². The monoisotopic (exact) mass is 278 g/mol. The van der Waals surface area contributed by atoms with E-state index in [0.29, 0.717) is 0 Å². The van der Waals surface area contributed by atoms with Crippen molar-refractivity contribution in [1.29, 1.82) is 0 Å². The highest BCUT2D eigenvalue weighted by Crippen LogP contribution is 2.47. The van der Waals surface area contributed by atoms with Gasteiger partial charge in [0.2, 0.25) is 0 Å². The van der Waals surface area contributed by atoms with Gasteiger partial charge in [-0.15, -0.1) is 0 Å². The Balaban J connectivity index is 5.13. The standard InChI is InChI=1S/C11H16F6O/c1-7(5-8(2,3)4)6-9(18,10(12,13)14)11(15,16)17/h18H,1,5-6H2,2-4H3. The highest BCUT2D eigenvalue weighted by atomic mass is 19.4. The zero-order chi connectivity index (χ0) is 15.0. The van der Waals surface area contributed by atoms with E-state index in [2.05, 4.69) is 6.58 Å². The minimum atomic E-state index is -5.79. The van der Waals surface area contributed by atoms with E-state index in [-0.39, 0.29) is 12.0 Å². The van der Waals surface area contributed by atoms with Crippen LogP contribution in [-0.2, 0) is 0 Å². The summed E-state index contributed by atoms with van der Waals surface area (Å²) >= 11 is 0. The van der Waals surface area contributed by atoms with Gasteiger partial charge in [0.25, 0.3) is 5.60 Å². The second kappa shape index (κ2) is 4.75. The van der Waals surface area contributed by atoms with Gasteiger partial charge in [0.1, 0.15) is 0 Å². The van der Waals surface area contributed by atoms with Gasteiger partial charge < -0.3 is 5.11 Å². The van der Waals surface area contributed by atoms with Crippen molar-refractivity contribution in [3.8, 4) is 0 Å². The fourth-order valence-electron chi connectivity index (χ4n) is 1.54. The van der Waals surface area contributed by atoms with Crippen molar-refractivity contribution in [3.63, 3.8) is 0 Å². The van der Waals surface area contributed by atoms with Gasteiger partial charge in [-0.05, 0) is 11.8 Å². The first-order valence-corrected chi connectivity index (χ1v) is 5.13. The minimum Gasteiger partial charge on any atom is -0.373 e. The Kier molecular flexibility index (Phi) is 4.56. The Morgan fingerprint density at radius 3 is 1.44 bits per heavy atom. The average Bonchev–Trinajstić information content (AvgIpc) is 1.94. The van der Waals surface area contributed by atoms with Gasteiger partial charge in [0, 0.05) is 6.42 Å². The second-order valence-electron chi connectivity index (χ2n) is 5.52. The number of hydrogen-bond donors (Lipinski definition) is 1. The third-order valence-electron chi connectivity index (χ3n) is 2.22. The van der Waals surface area contributed by atoms with Crippen LogP contribution < -0.4 is 0 Å². The van der Waals surface area contributed by atoms with E-state index in [9.17, 15) is 26.3 Å². The van der Waals surface area contributed by atoms with Crippen molar-refractivity contribution in [3.05, 3.63) is 12.2 Å². The van der Waals surface area contributed by atoms with Crippen LogP contribution in [0.25, 0.3) is 0 Å². The quantitative estimate of drug-likeness (QED) is 0.605. The average molecular weight is 278 g/mol. The van der Waals surface area contributed by atoms with Gasteiger partial charge in [-0.1, -0.05) is 32.9 Å². The number of halogens is 6. The van der Waals surface area contributed by atoms with E-state index >= 15 is 0 Å². The molecular weight excluding hydrogens is 262 g/mol. The molecule has 0 radical (unpaired) electrons. The lowest BCUT2D eigenvalue weighted by Crippen LogP contribution is -2.57. The van der Waals surface area contributed by atoms with Crippen LogP contribution in [0.2, 0.25) is 0 Å². The van der Waals surface area contributed by atoms with Crippen LogP contribution in [-0.4, -0.2) is 23.1 Å². The van der Waals surface area contributed by atoms with E-state index in [1.54, 1.807) is 20.8 Å². The van der Waals surface area contributed by atoms with E-state index in [0.717, 1.165) is 0 Å². The molecule has 0 aromatic rings. The largest absolute Gasteiger partial charge is 0.426 e. The van der Waals surface area contributed by atoms with Gasteiger partial charge in [-0.2, -0.15) is 26.3 Å². The molecular formula is C11H16F6O. The zero-order valence-corrected chi connectivity index (χ0v) is 10.3. The molecule has 0 atom stereocenters. The lowest BCUT2D eigenvalue weighted by molar-refractivity contribution is -0.367. The molecule has 0 spiro atoms. The molecule has 0 heterocycles. The smallest absolute Gasteiger partial charge is 0.373 e. The summed E-state index contributed by atoms with van der Waals surface area (Å²) in [7, 11) is 0. The maximum Gasteiger partial charge on any atom is 0.426 e. The lowest BCUT2D eigenvalue weighted by atomic mass is 9.83. The molecule has 0 saturated carbocycles. The molecule has 0 aliphatic heterocycles. The van der Waals surface area contributed by atoms with Crippen LogP contribution >= 0.6 is 0 Å². The Morgan fingerprint density at radius 1 is 0.889 bits per heavy atom. The second-order valence-corrected chi connectivity index (χ2v) is 5.52. The molecule has 1 N–H and O–H groups in total. The Hall–Kier alpha value is -0.720. The molecule has 0 aliphatic rings. The van der Waals surface area contributed by atoms with Crippen LogP contribution in [0.4, 0.5) is 26.3 Å². The number of aliphatic hydroxyl groups is 1. The van der Waals surface area contributed by atoms with Crippen LogP contribution in [0.1, 0.15) is 33.6 Å². The number of alkyl halides is 6. The molecule has 0 aliphatic carbocycles. The van der Waals surface area contributed by atoms with Crippen LogP contribution in [0.15, 0.2) is 12.2 Å². The van der Waals surface area contributed by atoms with Crippen molar-refractivity contribution in [2.24, 2.45) is 5.41 Å². The Labute approximate surface area is 101 Å². The molecule has 0 bridgehead atoms. The third kappa shape index (κ3) is 4.19. The molecule has 0 amide bonds. The maximum absolute atomic E-state index is 12.4. The Morgan fingerprint density at radius 2 is 1.22 bits per heavy atom. The van der Waals surface area contributed by atoms with E-state index < -0.39 is 29.8 Å². The maximum atomic E-state index is 12.4. The highest BCUT2D eigenvalue weighted by molar-refractivity contribution is 5.08. The van der Waals surface area contributed by atoms with Crippen molar-refractivity contribution in [2.45, 2.75) is 51.6 Å².